The standard InChI is InChI=1S/C60H83N3O12/c1-8-10-11-12-13-14-15-16-17-24-55(66)63(39-41-25-29-51-53(34-41)71-40-70-51)54-38-49(62-75-59(3,4)5)46-35-42(22-18-20-31-64)45(23-19-21-32-65)56-47-36-44(27-30-50(47)74-60(54,57(46)56)72-33-9-2)73-58(67)61-48-28-26-43(68-6)37-52(48)69-7/h9,25-30,34-37,42,45,54,56-57,64-65H,2,8,10-24,31-33,38-40H2,1,3-7H3,(H,61,67). The number of hydrogen-bond acceptors (Lipinski definition) is 13. The van der Waals surface area contributed by atoms with Crippen molar-refractivity contribution in [1.29, 1.82) is 0 Å². The van der Waals surface area contributed by atoms with E-state index in [1.807, 2.05) is 56.0 Å². The molecule has 6 atom stereocenters. The Hall–Kier alpha value is -5.77. The van der Waals surface area contributed by atoms with E-state index in [4.69, 9.17) is 43.2 Å². The lowest BCUT2D eigenvalue weighted by Gasteiger charge is -2.60. The first-order valence-electron chi connectivity index (χ1n) is 27.5. The summed E-state index contributed by atoms with van der Waals surface area (Å²) >= 11 is 0. The lowest BCUT2D eigenvalue weighted by atomic mass is 9.55. The topological polar surface area (TPSA) is 176 Å². The molecule has 15 heteroatoms. The molecule has 2 aliphatic carbocycles. The van der Waals surface area contributed by atoms with Crippen molar-refractivity contribution < 1.29 is 57.8 Å². The van der Waals surface area contributed by atoms with E-state index in [1.165, 1.54) is 39.2 Å². The Kier molecular flexibility index (Phi) is 20.7. The number of allylic oxidation sites excluding steroid dienone is 1. The number of nitrogens with zero attached hydrogens (tertiary/aromatic N) is 2. The van der Waals surface area contributed by atoms with Gasteiger partial charge in [-0.3, -0.25) is 10.1 Å². The second kappa shape index (κ2) is 27.3. The van der Waals surface area contributed by atoms with Crippen LogP contribution in [-0.2, 0) is 20.9 Å². The number of anilines is 1. The van der Waals surface area contributed by atoms with Gasteiger partial charge in [-0.05, 0) is 118 Å². The Morgan fingerprint density at radius 1 is 0.840 bits per heavy atom. The van der Waals surface area contributed by atoms with E-state index in [1.54, 1.807) is 37.5 Å². The molecule has 0 aromatic heterocycles. The summed E-state index contributed by atoms with van der Waals surface area (Å²) in [5.74, 6) is 0.606. The Labute approximate surface area is 444 Å². The van der Waals surface area contributed by atoms with E-state index in [-0.39, 0.29) is 63.2 Å². The number of aliphatic hydroxyl groups is 2. The predicted molar refractivity (Wildman–Crippen MR) is 290 cm³/mol. The molecular weight excluding hydrogens is 955 g/mol. The fourth-order valence-electron chi connectivity index (χ4n) is 11.4. The summed E-state index contributed by atoms with van der Waals surface area (Å²) in [7, 11) is 3.07. The van der Waals surface area contributed by atoms with Gasteiger partial charge in [0.05, 0.1) is 38.1 Å². The molecule has 0 spiro atoms. The molecule has 0 saturated heterocycles. The van der Waals surface area contributed by atoms with Crippen LogP contribution in [0.4, 0.5) is 10.5 Å². The van der Waals surface area contributed by atoms with Crippen molar-refractivity contribution in [2.24, 2.45) is 22.9 Å². The number of carbonyl (C=O) groups excluding carboxylic acids is 2. The maximum Gasteiger partial charge on any atom is 0.417 e. The Morgan fingerprint density at radius 2 is 1.55 bits per heavy atom. The van der Waals surface area contributed by atoms with E-state index >= 15 is 4.79 Å². The van der Waals surface area contributed by atoms with Gasteiger partial charge in [-0.1, -0.05) is 94.5 Å². The third-order valence-electron chi connectivity index (χ3n) is 14.9. The summed E-state index contributed by atoms with van der Waals surface area (Å²) in [5, 5.41) is 28.1. The van der Waals surface area contributed by atoms with Gasteiger partial charge in [0.15, 0.2) is 11.5 Å². The number of ether oxygens (including phenoxy) is 7. The lowest BCUT2D eigenvalue weighted by Crippen LogP contribution is -2.70. The molecule has 2 heterocycles. The first kappa shape index (κ1) is 56.9. The van der Waals surface area contributed by atoms with Gasteiger partial charge in [-0.2, -0.15) is 0 Å². The molecule has 4 aliphatic rings. The van der Waals surface area contributed by atoms with E-state index < -0.39 is 29.4 Å². The fraction of sp³-hybridized carbons (Fsp3) is 0.583. The van der Waals surface area contributed by atoms with Crippen LogP contribution in [0.3, 0.4) is 0 Å². The number of benzene rings is 3. The summed E-state index contributed by atoms with van der Waals surface area (Å²) in [5.41, 5.74) is 3.04. The van der Waals surface area contributed by atoms with Crippen LogP contribution in [0, 0.1) is 17.8 Å². The van der Waals surface area contributed by atoms with Gasteiger partial charge >= 0.3 is 6.09 Å². The van der Waals surface area contributed by atoms with Crippen LogP contribution in [-0.4, -0.2) is 91.1 Å². The Morgan fingerprint density at radius 3 is 2.25 bits per heavy atom. The average molecular weight is 1040 g/mol. The minimum absolute atomic E-state index is 0.000596. The molecule has 1 fully saturated rings. The fourth-order valence-corrected chi connectivity index (χ4v) is 11.4. The first-order chi connectivity index (χ1) is 36.4. The smallest absolute Gasteiger partial charge is 0.417 e. The summed E-state index contributed by atoms with van der Waals surface area (Å²) in [6.07, 6.45) is 18.3. The number of fused-ring (bicyclic) bond motifs is 3. The van der Waals surface area contributed by atoms with Crippen LogP contribution in [0.5, 0.6) is 34.5 Å². The van der Waals surface area contributed by atoms with Crippen LogP contribution in [0.25, 0.3) is 0 Å². The van der Waals surface area contributed by atoms with Gasteiger partial charge in [0.25, 0.3) is 0 Å². The maximum absolute atomic E-state index is 15.4. The zero-order chi connectivity index (χ0) is 53.4. The third-order valence-corrected chi connectivity index (χ3v) is 14.9. The lowest BCUT2D eigenvalue weighted by molar-refractivity contribution is -0.258. The number of nitrogens with one attached hydrogen (secondary N) is 1. The molecule has 2 aliphatic heterocycles. The number of rotatable bonds is 29. The number of aliphatic hydroxyl groups excluding tert-OH is 2. The van der Waals surface area contributed by atoms with E-state index in [9.17, 15) is 15.0 Å². The minimum Gasteiger partial charge on any atom is -0.497 e. The van der Waals surface area contributed by atoms with Crippen molar-refractivity contribution in [2.45, 2.75) is 167 Å². The van der Waals surface area contributed by atoms with Crippen LogP contribution in [0.15, 0.2) is 84.1 Å². The summed E-state index contributed by atoms with van der Waals surface area (Å²) in [4.78, 5) is 37.5. The minimum atomic E-state index is -1.49. The average Bonchev–Trinajstić information content (AvgIpc) is 3.89. The van der Waals surface area contributed by atoms with E-state index in [0.29, 0.717) is 65.2 Å². The second-order valence-electron chi connectivity index (χ2n) is 21.3. The van der Waals surface area contributed by atoms with Gasteiger partial charge in [-0.25, -0.2) is 4.79 Å². The van der Waals surface area contributed by atoms with Crippen LogP contribution >= 0.6 is 0 Å². The molecule has 0 radical (unpaired) electrons. The third kappa shape index (κ3) is 14.4. The van der Waals surface area contributed by atoms with Gasteiger partial charge in [0.2, 0.25) is 18.5 Å². The normalized spacial score (nSPS) is 21.8. The number of oxime groups is 1. The van der Waals surface area contributed by atoms with Crippen molar-refractivity contribution in [2.75, 3.05) is 46.1 Å². The molecule has 3 N–H and O–H groups in total. The molecule has 6 unspecified atom stereocenters. The van der Waals surface area contributed by atoms with Crippen LogP contribution < -0.4 is 33.7 Å². The maximum atomic E-state index is 15.4. The van der Waals surface area contributed by atoms with Crippen molar-refractivity contribution in [3.8, 4) is 34.5 Å². The highest BCUT2D eigenvalue weighted by Gasteiger charge is 2.65. The van der Waals surface area contributed by atoms with Gasteiger partial charge in [0, 0.05) is 50.1 Å². The van der Waals surface area contributed by atoms with Crippen molar-refractivity contribution in [3.63, 3.8) is 0 Å². The molecule has 75 heavy (non-hydrogen) atoms. The number of methoxy groups -OCH3 is 2. The Bertz CT molecular complexity index is 2430. The highest BCUT2D eigenvalue weighted by molar-refractivity contribution is 6.03. The molecule has 2 amide bonds. The number of carbonyl (C=O) groups is 2. The van der Waals surface area contributed by atoms with Gasteiger partial charge in [-0.15, -0.1) is 6.58 Å². The summed E-state index contributed by atoms with van der Waals surface area (Å²) in [6, 6.07) is 15.6. The first-order valence-corrected chi connectivity index (χ1v) is 27.5. The molecule has 7 rings (SSSR count). The number of hydrogen-bond donors (Lipinski definition) is 3. The molecule has 0 bridgehead atoms. The number of unbranched alkanes of at least 4 members (excludes halogenated alkanes) is 10. The van der Waals surface area contributed by atoms with E-state index in [2.05, 4.69) is 24.9 Å². The highest BCUT2D eigenvalue weighted by Crippen LogP contribution is 2.62. The quantitative estimate of drug-likeness (QED) is 0.0341. The molecular formula is C60H83N3O12. The van der Waals surface area contributed by atoms with Crippen LogP contribution in [0.2, 0.25) is 0 Å². The van der Waals surface area contributed by atoms with Crippen LogP contribution in [0.1, 0.15) is 154 Å². The second-order valence-corrected chi connectivity index (χ2v) is 21.3. The molecule has 410 valence electrons. The largest absolute Gasteiger partial charge is 0.497 e. The van der Waals surface area contributed by atoms with E-state index in [0.717, 1.165) is 68.1 Å². The van der Waals surface area contributed by atoms with Crippen molar-refractivity contribution in [3.05, 3.63) is 90.0 Å². The zero-order valence-corrected chi connectivity index (χ0v) is 45.4. The zero-order valence-electron chi connectivity index (χ0n) is 45.4. The SMILES string of the molecule is C=CCOC12Oc3ccc(OC(=O)Nc4ccc(OC)cc4OC)cc3C3C(CCCCO)C(CCCCO)C=C(C(=NOC(C)(C)C)CC1N(Cc1ccc4c(c1)OCO4)C(=O)CCCCCCCCCCC)C32. The highest BCUT2D eigenvalue weighted by atomic mass is 16.7. The predicted octanol–water partition coefficient (Wildman–Crippen LogP) is 12.4. The monoisotopic (exact) mass is 1040 g/mol. The van der Waals surface area contributed by atoms with Gasteiger partial charge in [0.1, 0.15) is 34.6 Å². The summed E-state index contributed by atoms with van der Waals surface area (Å²) < 4.78 is 43.4. The Balaban J connectivity index is 1.36. The molecule has 3 aromatic carbocycles. The molecule has 15 nitrogen and oxygen atoms in total. The van der Waals surface area contributed by atoms with Crippen molar-refractivity contribution >= 4 is 23.4 Å². The molecule has 1 saturated carbocycles. The van der Waals surface area contributed by atoms with Gasteiger partial charge < -0.3 is 53.1 Å². The van der Waals surface area contributed by atoms with Crippen molar-refractivity contribution in [1.82, 2.24) is 4.90 Å². The summed E-state index contributed by atoms with van der Waals surface area (Å²) in [6.45, 7) is 12.8. The molecule has 3 aromatic rings. The number of amides is 2.